The van der Waals surface area contributed by atoms with Gasteiger partial charge >= 0.3 is 0 Å². The third kappa shape index (κ3) is 4.37. The predicted molar refractivity (Wildman–Crippen MR) is 94.6 cm³/mol. The van der Waals surface area contributed by atoms with E-state index < -0.39 is 0 Å². The number of hydrogen-bond donors (Lipinski definition) is 3. The van der Waals surface area contributed by atoms with Gasteiger partial charge in [-0.15, -0.1) is 0 Å². The Morgan fingerprint density at radius 3 is 2.58 bits per heavy atom. The molecule has 2 aromatic rings. The maximum atomic E-state index is 12.1. The average molecular weight is 327 g/mol. The summed E-state index contributed by atoms with van der Waals surface area (Å²) in [6.45, 7) is 0.0533. The van der Waals surface area contributed by atoms with Gasteiger partial charge in [0, 0.05) is 23.1 Å². The van der Waals surface area contributed by atoms with Crippen LogP contribution in [-0.2, 0) is 16.0 Å². The number of amides is 2. The van der Waals surface area contributed by atoms with Gasteiger partial charge in [0.15, 0.2) is 0 Å². The van der Waals surface area contributed by atoms with Gasteiger partial charge in [-0.1, -0.05) is 43.9 Å². The van der Waals surface area contributed by atoms with Crippen molar-refractivity contribution < 1.29 is 9.59 Å². The van der Waals surface area contributed by atoms with Gasteiger partial charge in [0.1, 0.15) is 0 Å². The largest absolute Gasteiger partial charge is 0.361 e. The van der Waals surface area contributed by atoms with Crippen molar-refractivity contribution in [1.29, 1.82) is 0 Å². The Balaban J connectivity index is 1.45. The van der Waals surface area contributed by atoms with Gasteiger partial charge < -0.3 is 15.6 Å². The molecule has 0 unspecified atom stereocenters. The molecule has 0 aliphatic heterocycles. The number of benzene rings is 1. The second-order valence-corrected chi connectivity index (χ2v) is 6.57. The minimum Gasteiger partial charge on any atom is -0.361 e. The highest BCUT2D eigenvalue weighted by Gasteiger charge is 2.15. The number of H-pyrrole nitrogens is 1. The van der Waals surface area contributed by atoms with Crippen molar-refractivity contribution in [3.8, 4) is 0 Å². The third-order valence-corrected chi connectivity index (χ3v) is 4.69. The Kier molecular flexibility index (Phi) is 5.51. The minimum atomic E-state index is -0.129. The second kappa shape index (κ2) is 7.99. The highest BCUT2D eigenvalue weighted by molar-refractivity contribution is 5.90. The molecule has 24 heavy (non-hydrogen) atoms. The Morgan fingerprint density at radius 1 is 1.04 bits per heavy atom. The van der Waals surface area contributed by atoms with Crippen LogP contribution in [0.15, 0.2) is 30.5 Å². The number of para-hydroxylation sites is 1. The molecule has 128 valence electrons. The van der Waals surface area contributed by atoms with E-state index in [1.165, 1.54) is 25.7 Å². The zero-order valence-corrected chi connectivity index (χ0v) is 13.9. The highest BCUT2D eigenvalue weighted by Crippen LogP contribution is 2.18. The highest BCUT2D eigenvalue weighted by atomic mass is 16.2. The predicted octanol–water partition coefficient (Wildman–Crippen LogP) is 2.67. The van der Waals surface area contributed by atoms with Gasteiger partial charge in [-0.25, -0.2) is 0 Å². The quantitative estimate of drug-likeness (QED) is 0.739. The molecule has 1 aliphatic carbocycles. The van der Waals surface area contributed by atoms with Crippen LogP contribution >= 0.6 is 0 Å². The van der Waals surface area contributed by atoms with Crippen LogP contribution in [0.2, 0.25) is 0 Å². The summed E-state index contributed by atoms with van der Waals surface area (Å²) in [5, 5.41) is 6.82. The lowest BCUT2D eigenvalue weighted by Crippen LogP contribution is -2.42. The minimum absolute atomic E-state index is 0.0533. The number of aromatic amines is 1. The number of carbonyl (C=O) groups is 2. The van der Waals surface area contributed by atoms with Crippen molar-refractivity contribution in [3.05, 3.63) is 36.0 Å². The van der Waals surface area contributed by atoms with Crippen LogP contribution in [-0.4, -0.2) is 29.4 Å². The first-order valence-corrected chi connectivity index (χ1v) is 8.83. The lowest BCUT2D eigenvalue weighted by molar-refractivity contribution is -0.126. The Hall–Kier alpha value is -2.30. The van der Waals surface area contributed by atoms with Gasteiger partial charge in [-0.2, -0.15) is 0 Å². The molecule has 1 aromatic carbocycles. The molecule has 1 saturated carbocycles. The summed E-state index contributed by atoms with van der Waals surface area (Å²) in [6, 6.07) is 8.16. The summed E-state index contributed by atoms with van der Waals surface area (Å²) in [5.41, 5.74) is 1.97. The first kappa shape index (κ1) is 16.6. The molecule has 5 heteroatoms. The first-order chi connectivity index (χ1) is 11.7. The van der Waals surface area contributed by atoms with E-state index in [9.17, 15) is 9.59 Å². The molecule has 2 amide bonds. The van der Waals surface area contributed by atoms with Crippen LogP contribution in [0, 0.1) is 0 Å². The molecule has 0 bridgehead atoms. The van der Waals surface area contributed by atoms with Crippen LogP contribution in [0.25, 0.3) is 10.9 Å². The van der Waals surface area contributed by atoms with Gasteiger partial charge in [-0.05, 0) is 24.5 Å². The van der Waals surface area contributed by atoms with Crippen molar-refractivity contribution in [2.45, 2.75) is 51.0 Å². The Morgan fingerprint density at radius 2 is 1.79 bits per heavy atom. The van der Waals surface area contributed by atoms with E-state index in [4.69, 9.17) is 0 Å². The smallest absolute Gasteiger partial charge is 0.239 e. The summed E-state index contributed by atoms with van der Waals surface area (Å²) in [7, 11) is 0. The van der Waals surface area contributed by atoms with Gasteiger partial charge in [0.25, 0.3) is 0 Å². The fraction of sp³-hybridized carbons (Fsp3) is 0.474. The number of aromatic nitrogens is 1. The molecular weight excluding hydrogens is 302 g/mol. The van der Waals surface area contributed by atoms with Gasteiger partial charge in [-0.3, -0.25) is 9.59 Å². The van der Waals surface area contributed by atoms with Crippen LogP contribution in [0.1, 0.15) is 44.1 Å². The molecular formula is C19H25N3O2. The van der Waals surface area contributed by atoms with Crippen molar-refractivity contribution in [3.63, 3.8) is 0 Å². The maximum Gasteiger partial charge on any atom is 0.239 e. The van der Waals surface area contributed by atoms with Crippen molar-refractivity contribution in [2.75, 3.05) is 6.54 Å². The summed E-state index contributed by atoms with van der Waals surface area (Å²) in [5.74, 6) is -0.218. The number of rotatable bonds is 5. The molecule has 0 spiro atoms. The first-order valence-electron chi connectivity index (χ1n) is 8.83. The van der Waals surface area contributed by atoms with Crippen LogP contribution in [0.5, 0.6) is 0 Å². The molecule has 0 radical (unpaired) electrons. The SMILES string of the molecule is O=C(Cc1c[nH]c2ccccc12)NCC(=O)NC1CCCCCC1. The van der Waals surface area contributed by atoms with Crippen molar-refractivity contribution in [1.82, 2.24) is 15.6 Å². The van der Waals surface area contributed by atoms with E-state index in [1.54, 1.807) is 0 Å². The summed E-state index contributed by atoms with van der Waals surface area (Å²) in [4.78, 5) is 27.3. The fourth-order valence-corrected chi connectivity index (χ4v) is 3.39. The standard InChI is InChI=1S/C19H25N3O2/c23-18(11-14-12-20-17-10-6-5-9-16(14)17)21-13-19(24)22-15-7-3-1-2-4-8-15/h5-6,9-10,12,15,20H,1-4,7-8,11,13H2,(H,21,23)(H,22,24). The molecule has 0 saturated heterocycles. The fourth-order valence-electron chi connectivity index (χ4n) is 3.39. The average Bonchev–Trinajstić information content (AvgIpc) is 2.81. The summed E-state index contributed by atoms with van der Waals surface area (Å²) >= 11 is 0. The Labute approximate surface area is 142 Å². The molecule has 1 aliphatic rings. The summed E-state index contributed by atoms with van der Waals surface area (Å²) in [6.07, 6.45) is 9.11. The molecule has 1 fully saturated rings. The van der Waals surface area contributed by atoms with Crippen LogP contribution in [0.3, 0.4) is 0 Å². The van der Waals surface area contributed by atoms with Crippen LogP contribution in [0.4, 0.5) is 0 Å². The van der Waals surface area contributed by atoms with E-state index in [-0.39, 0.29) is 30.8 Å². The number of nitrogens with one attached hydrogen (secondary N) is 3. The normalized spacial score (nSPS) is 15.8. The number of hydrogen-bond acceptors (Lipinski definition) is 2. The molecule has 0 atom stereocenters. The topological polar surface area (TPSA) is 74.0 Å². The lowest BCUT2D eigenvalue weighted by atomic mass is 10.1. The molecule has 1 heterocycles. The third-order valence-electron chi connectivity index (χ3n) is 4.69. The monoisotopic (exact) mass is 327 g/mol. The lowest BCUT2D eigenvalue weighted by Gasteiger charge is -2.16. The molecule has 3 N–H and O–H groups in total. The summed E-state index contributed by atoms with van der Waals surface area (Å²) < 4.78 is 0. The van der Waals surface area contributed by atoms with Crippen molar-refractivity contribution >= 4 is 22.7 Å². The molecule has 1 aromatic heterocycles. The second-order valence-electron chi connectivity index (χ2n) is 6.57. The zero-order valence-electron chi connectivity index (χ0n) is 13.9. The molecule has 5 nitrogen and oxygen atoms in total. The maximum absolute atomic E-state index is 12.1. The zero-order chi connectivity index (χ0) is 16.8. The van der Waals surface area contributed by atoms with E-state index in [2.05, 4.69) is 15.6 Å². The van der Waals surface area contributed by atoms with E-state index in [0.29, 0.717) is 0 Å². The van der Waals surface area contributed by atoms with Crippen LogP contribution < -0.4 is 10.6 Å². The van der Waals surface area contributed by atoms with E-state index in [1.807, 2.05) is 30.5 Å². The van der Waals surface area contributed by atoms with E-state index in [0.717, 1.165) is 29.3 Å². The molecule has 3 rings (SSSR count). The van der Waals surface area contributed by atoms with E-state index >= 15 is 0 Å². The number of fused-ring (bicyclic) bond motifs is 1. The van der Waals surface area contributed by atoms with Crippen molar-refractivity contribution in [2.24, 2.45) is 0 Å². The van der Waals surface area contributed by atoms with Gasteiger partial charge in [0.2, 0.25) is 11.8 Å². The Bertz CT molecular complexity index is 699. The van der Waals surface area contributed by atoms with Gasteiger partial charge in [0.05, 0.1) is 13.0 Å². The number of carbonyl (C=O) groups excluding carboxylic acids is 2.